The van der Waals surface area contributed by atoms with Crippen LogP contribution in [-0.4, -0.2) is 11.7 Å². The van der Waals surface area contributed by atoms with Crippen molar-refractivity contribution in [2.24, 2.45) is 0 Å². The molecule has 0 spiro atoms. The number of hydrogen-bond acceptors (Lipinski definition) is 2. The van der Waals surface area contributed by atoms with Crippen LogP contribution in [0.15, 0.2) is 42.5 Å². The summed E-state index contributed by atoms with van der Waals surface area (Å²) in [6.45, 7) is 1.83. The zero-order chi connectivity index (χ0) is 15.1. The second-order valence-electron chi connectivity index (χ2n) is 4.76. The Balaban J connectivity index is 1.97. The molecule has 0 amide bonds. The van der Waals surface area contributed by atoms with Crippen LogP contribution in [0, 0.1) is 24.6 Å². The fourth-order valence-electron chi connectivity index (χ4n) is 1.98. The minimum absolute atomic E-state index is 0.258. The number of aryl methyl sites for hydroxylation is 1. The zero-order valence-electron chi connectivity index (χ0n) is 11.9. The maximum atomic E-state index is 13.5. The number of halogens is 1. The fourth-order valence-corrected chi connectivity index (χ4v) is 2.91. The Bertz CT molecular complexity index is 670. The van der Waals surface area contributed by atoms with E-state index in [1.54, 1.807) is 23.9 Å². The largest absolute Gasteiger partial charge is 0.384 e. The first-order valence-electron chi connectivity index (χ1n) is 6.70. The van der Waals surface area contributed by atoms with Crippen LogP contribution in [-0.2, 0) is 11.5 Å². The van der Waals surface area contributed by atoms with Crippen LogP contribution in [0.25, 0.3) is 0 Å². The third-order valence-electron chi connectivity index (χ3n) is 2.95. The Hall–Kier alpha value is -1.76. The minimum Gasteiger partial charge on any atom is -0.384 e. The summed E-state index contributed by atoms with van der Waals surface area (Å²) >= 11 is 1.79. The maximum Gasteiger partial charge on any atom is 0.138 e. The van der Waals surface area contributed by atoms with Gasteiger partial charge < -0.3 is 5.11 Å². The quantitative estimate of drug-likeness (QED) is 0.864. The van der Waals surface area contributed by atoms with E-state index in [1.165, 1.54) is 17.2 Å². The average Bonchev–Trinajstić information content (AvgIpc) is 2.48. The Labute approximate surface area is 129 Å². The molecule has 0 atom stereocenters. The molecule has 0 radical (unpaired) electrons. The van der Waals surface area contributed by atoms with Gasteiger partial charge in [-0.05, 0) is 30.2 Å². The van der Waals surface area contributed by atoms with E-state index in [4.69, 9.17) is 5.11 Å². The summed E-state index contributed by atoms with van der Waals surface area (Å²) in [6.07, 6.45) is 0. The molecule has 0 heterocycles. The number of hydrogen-bond donors (Lipinski definition) is 1. The standard InChI is InChI=1S/C18H17FOS/c1-14-4-2-5-15(10-14)12-21-13-16-7-8-18(19)17(11-16)6-3-9-20/h2,4-5,7-8,10-11,20H,9,12-13H2,1H3. The third-order valence-corrected chi connectivity index (χ3v) is 4.03. The SMILES string of the molecule is Cc1cccc(CSCc2ccc(F)c(C#CCO)c2)c1. The van der Waals surface area contributed by atoms with Crippen LogP contribution < -0.4 is 0 Å². The van der Waals surface area contributed by atoms with Crippen molar-refractivity contribution in [2.75, 3.05) is 6.61 Å². The second kappa shape index (κ2) is 7.87. The summed E-state index contributed by atoms with van der Waals surface area (Å²) < 4.78 is 13.5. The number of benzene rings is 2. The van der Waals surface area contributed by atoms with Gasteiger partial charge in [0.05, 0.1) is 5.56 Å². The minimum atomic E-state index is -0.344. The summed E-state index contributed by atoms with van der Waals surface area (Å²) in [4.78, 5) is 0. The Morgan fingerprint density at radius 1 is 1.10 bits per heavy atom. The van der Waals surface area contributed by atoms with E-state index in [0.717, 1.165) is 17.1 Å². The predicted octanol–water partition coefficient (Wildman–Crippen LogP) is 3.91. The van der Waals surface area contributed by atoms with Gasteiger partial charge in [-0.1, -0.05) is 47.7 Å². The second-order valence-corrected chi connectivity index (χ2v) is 5.74. The van der Waals surface area contributed by atoms with E-state index in [2.05, 4.69) is 43.0 Å². The molecule has 0 aliphatic rings. The lowest BCUT2D eigenvalue weighted by Gasteiger charge is -2.05. The van der Waals surface area contributed by atoms with Gasteiger partial charge >= 0.3 is 0 Å². The molecule has 108 valence electrons. The van der Waals surface area contributed by atoms with Gasteiger partial charge in [0, 0.05) is 11.5 Å². The Morgan fingerprint density at radius 2 is 1.86 bits per heavy atom. The van der Waals surface area contributed by atoms with Crippen molar-refractivity contribution >= 4 is 11.8 Å². The molecule has 0 bridgehead atoms. The lowest BCUT2D eigenvalue weighted by molar-refractivity contribution is 0.350. The zero-order valence-corrected chi connectivity index (χ0v) is 12.7. The highest BCUT2D eigenvalue weighted by atomic mass is 32.2. The molecule has 2 rings (SSSR count). The van der Waals surface area contributed by atoms with Crippen molar-refractivity contribution in [2.45, 2.75) is 18.4 Å². The molecule has 0 aromatic heterocycles. The molecule has 0 aliphatic carbocycles. The topological polar surface area (TPSA) is 20.2 Å². The van der Waals surface area contributed by atoms with Gasteiger partial charge in [-0.15, -0.1) is 0 Å². The van der Waals surface area contributed by atoms with Crippen molar-refractivity contribution in [1.82, 2.24) is 0 Å². The Morgan fingerprint density at radius 3 is 2.57 bits per heavy atom. The van der Waals surface area contributed by atoms with Gasteiger partial charge in [0.2, 0.25) is 0 Å². The van der Waals surface area contributed by atoms with Crippen LogP contribution in [0.2, 0.25) is 0 Å². The average molecular weight is 300 g/mol. The van der Waals surface area contributed by atoms with Crippen molar-refractivity contribution in [3.63, 3.8) is 0 Å². The van der Waals surface area contributed by atoms with Gasteiger partial charge in [0.1, 0.15) is 12.4 Å². The summed E-state index contributed by atoms with van der Waals surface area (Å²) in [5.74, 6) is 6.50. The highest BCUT2D eigenvalue weighted by molar-refractivity contribution is 7.97. The molecular weight excluding hydrogens is 283 g/mol. The van der Waals surface area contributed by atoms with Gasteiger partial charge in [-0.3, -0.25) is 0 Å². The van der Waals surface area contributed by atoms with Crippen molar-refractivity contribution in [1.29, 1.82) is 0 Å². The highest BCUT2D eigenvalue weighted by Crippen LogP contribution is 2.20. The first kappa shape index (κ1) is 15.6. The van der Waals surface area contributed by atoms with Crippen molar-refractivity contribution < 1.29 is 9.50 Å². The molecule has 2 aromatic carbocycles. The van der Waals surface area contributed by atoms with Crippen LogP contribution in [0.5, 0.6) is 0 Å². The molecule has 0 unspecified atom stereocenters. The molecule has 2 aromatic rings. The predicted molar refractivity (Wildman–Crippen MR) is 86.5 cm³/mol. The molecule has 0 saturated heterocycles. The Kier molecular flexibility index (Phi) is 5.86. The first-order chi connectivity index (χ1) is 10.2. The number of aliphatic hydroxyl groups excluding tert-OH is 1. The van der Waals surface area contributed by atoms with Crippen LogP contribution >= 0.6 is 11.8 Å². The van der Waals surface area contributed by atoms with E-state index in [-0.39, 0.29) is 12.4 Å². The molecule has 3 heteroatoms. The normalized spacial score (nSPS) is 10.0. The van der Waals surface area contributed by atoms with E-state index in [9.17, 15) is 4.39 Å². The van der Waals surface area contributed by atoms with Gasteiger partial charge in [-0.25, -0.2) is 4.39 Å². The van der Waals surface area contributed by atoms with E-state index in [0.29, 0.717) is 5.56 Å². The van der Waals surface area contributed by atoms with Gasteiger partial charge in [0.15, 0.2) is 0 Å². The molecule has 21 heavy (non-hydrogen) atoms. The maximum absolute atomic E-state index is 13.5. The summed E-state index contributed by atoms with van der Waals surface area (Å²) in [7, 11) is 0. The molecule has 0 fully saturated rings. The smallest absolute Gasteiger partial charge is 0.138 e. The third kappa shape index (κ3) is 4.93. The summed E-state index contributed by atoms with van der Waals surface area (Å²) in [5, 5.41) is 8.68. The monoisotopic (exact) mass is 300 g/mol. The summed E-state index contributed by atoms with van der Waals surface area (Å²) in [5.41, 5.74) is 3.94. The number of thioether (sulfide) groups is 1. The molecule has 0 saturated carbocycles. The van der Waals surface area contributed by atoms with E-state index < -0.39 is 0 Å². The van der Waals surface area contributed by atoms with Crippen LogP contribution in [0.3, 0.4) is 0 Å². The first-order valence-corrected chi connectivity index (χ1v) is 7.86. The fraction of sp³-hybridized carbons (Fsp3) is 0.222. The van der Waals surface area contributed by atoms with Gasteiger partial charge in [0.25, 0.3) is 0 Å². The number of aliphatic hydroxyl groups is 1. The van der Waals surface area contributed by atoms with E-state index in [1.807, 2.05) is 0 Å². The number of rotatable bonds is 4. The van der Waals surface area contributed by atoms with Gasteiger partial charge in [-0.2, -0.15) is 11.8 Å². The van der Waals surface area contributed by atoms with Crippen molar-refractivity contribution in [3.8, 4) is 11.8 Å². The lowest BCUT2D eigenvalue weighted by atomic mass is 10.1. The van der Waals surface area contributed by atoms with Crippen molar-refractivity contribution in [3.05, 3.63) is 70.5 Å². The molecule has 0 aliphatic heterocycles. The highest BCUT2D eigenvalue weighted by Gasteiger charge is 2.02. The molecular formula is C18H17FOS. The van der Waals surface area contributed by atoms with Crippen LogP contribution in [0.1, 0.15) is 22.3 Å². The molecule has 1 N–H and O–H groups in total. The molecule has 1 nitrogen and oxygen atoms in total. The lowest BCUT2D eigenvalue weighted by Crippen LogP contribution is -1.89. The van der Waals surface area contributed by atoms with Crippen LogP contribution in [0.4, 0.5) is 4.39 Å². The van der Waals surface area contributed by atoms with E-state index >= 15 is 0 Å². The summed E-state index contributed by atoms with van der Waals surface area (Å²) in [6, 6.07) is 13.4.